The zero-order valence-electron chi connectivity index (χ0n) is 19.2. The van der Waals surface area contributed by atoms with Gasteiger partial charge in [-0.1, -0.05) is 24.6 Å². The monoisotopic (exact) mass is 554 g/mol. The lowest BCUT2D eigenvalue weighted by Crippen LogP contribution is -2.42. The van der Waals surface area contributed by atoms with Gasteiger partial charge in [0, 0.05) is 6.54 Å². The van der Waals surface area contributed by atoms with Crippen molar-refractivity contribution in [3.05, 3.63) is 53.6 Å². The number of ether oxygens (including phenoxy) is 3. The van der Waals surface area contributed by atoms with Crippen LogP contribution in [-0.2, 0) is 6.54 Å². The van der Waals surface area contributed by atoms with Crippen molar-refractivity contribution in [3.8, 4) is 17.2 Å². The number of nitrogens with two attached hydrogens (primary N) is 1. The molecule has 3 rings (SSSR count). The Bertz CT molecular complexity index is 855. The van der Waals surface area contributed by atoms with Gasteiger partial charge in [0.1, 0.15) is 5.75 Å². The molecule has 3 N–H and O–H groups in total. The molecule has 0 radical (unpaired) electrons. The second-order valence-electron chi connectivity index (χ2n) is 7.66. The molecule has 1 saturated heterocycles. The van der Waals surface area contributed by atoms with E-state index in [2.05, 4.69) is 27.3 Å². The molecule has 0 bridgehead atoms. The average Bonchev–Trinajstić information content (AvgIpc) is 2.83. The largest absolute Gasteiger partial charge is 0.497 e. The molecule has 32 heavy (non-hydrogen) atoms. The maximum absolute atomic E-state index is 6.19. The van der Waals surface area contributed by atoms with E-state index in [4.69, 9.17) is 19.9 Å². The van der Waals surface area contributed by atoms with Crippen LogP contribution >= 0.6 is 24.0 Å². The Hall–Kier alpha value is -2.20. The smallest absolute Gasteiger partial charge is 0.188 e. The molecular weight excluding hydrogens is 519 g/mol. The number of benzene rings is 2. The first kappa shape index (κ1) is 26.1. The third-order valence-electron chi connectivity index (χ3n) is 5.69. The normalized spacial score (nSPS) is 15.4. The standard InChI is InChI=1S/C24H34N4O3.HI/c1-29-20-10-8-19(9-11-20)21(28-13-5-4-6-14-28)17-27-24(25)26-16-18-7-12-22(30-2)23(15-18)31-3;/h7-12,15,21H,4-6,13-14,16-17H2,1-3H3,(H3,25,26,27);1H. The predicted molar refractivity (Wildman–Crippen MR) is 139 cm³/mol. The highest BCUT2D eigenvalue weighted by Crippen LogP contribution is 2.28. The average molecular weight is 554 g/mol. The minimum atomic E-state index is 0. The quantitative estimate of drug-likeness (QED) is 0.278. The van der Waals surface area contributed by atoms with Gasteiger partial charge in [0.05, 0.1) is 33.9 Å². The van der Waals surface area contributed by atoms with E-state index in [0.29, 0.717) is 30.5 Å². The highest BCUT2D eigenvalue weighted by Gasteiger charge is 2.22. The molecule has 0 amide bonds. The van der Waals surface area contributed by atoms with E-state index in [9.17, 15) is 0 Å². The molecule has 1 aliphatic heterocycles. The molecule has 176 valence electrons. The lowest BCUT2D eigenvalue weighted by molar-refractivity contribution is 0.164. The highest BCUT2D eigenvalue weighted by atomic mass is 127. The first-order valence-corrected chi connectivity index (χ1v) is 10.8. The number of methoxy groups -OCH3 is 3. The van der Waals surface area contributed by atoms with E-state index in [1.54, 1.807) is 21.3 Å². The molecule has 0 saturated carbocycles. The molecule has 2 aromatic carbocycles. The van der Waals surface area contributed by atoms with Crippen molar-refractivity contribution >= 4 is 29.9 Å². The molecule has 0 aliphatic carbocycles. The number of likely N-dealkylation sites (tertiary alicyclic amines) is 1. The molecule has 2 aromatic rings. The fraction of sp³-hybridized carbons (Fsp3) is 0.458. The lowest BCUT2D eigenvalue weighted by atomic mass is 10.0. The molecule has 1 fully saturated rings. The predicted octanol–water partition coefficient (Wildman–Crippen LogP) is 3.96. The van der Waals surface area contributed by atoms with Gasteiger partial charge < -0.3 is 25.3 Å². The summed E-state index contributed by atoms with van der Waals surface area (Å²) in [5.74, 6) is 2.69. The Morgan fingerprint density at radius 1 is 0.969 bits per heavy atom. The third kappa shape index (κ3) is 7.16. The fourth-order valence-electron chi connectivity index (χ4n) is 3.93. The summed E-state index contributed by atoms with van der Waals surface area (Å²) in [6.07, 6.45) is 3.76. The number of rotatable bonds is 9. The van der Waals surface area contributed by atoms with Crippen molar-refractivity contribution in [1.82, 2.24) is 10.2 Å². The number of nitrogens with zero attached hydrogens (tertiary/aromatic N) is 2. The van der Waals surface area contributed by atoms with Crippen LogP contribution in [0.3, 0.4) is 0 Å². The maximum Gasteiger partial charge on any atom is 0.188 e. The van der Waals surface area contributed by atoms with Crippen LogP contribution in [0.5, 0.6) is 17.2 Å². The minimum absolute atomic E-state index is 0. The zero-order valence-corrected chi connectivity index (χ0v) is 21.5. The van der Waals surface area contributed by atoms with Crippen molar-refractivity contribution in [3.63, 3.8) is 0 Å². The van der Waals surface area contributed by atoms with E-state index in [1.807, 2.05) is 30.3 Å². The van der Waals surface area contributed by atoms with Crippen LogP contribution in [0.25, 0.3) is 0 Å². The second kappa shape index (κ2) is 13.4. The molecule has 1 aliphatic rings. The third-order valence-corrected chi connectivity index (χ3v) is 5.69. The molecule has 7 nitrogen and oxygen atoms in total. The van der Waals surface area contributed by atoms with E-state index in [1.165, 1.54) is 24.8 Å². The van der Waals surface area contributed by atoms with E-state index in [-0.39, 0.29) is 30.0 Å². The first-order valence-electron chi connectivity index (χ1n) is 10.8. The Morgan fingerprint density at radius 2 is 1.66 bits per heavy atom. The summed E-state index contributed by atoms with van der Waals surface area (Å²) < 4.78 is 16.0. The summed E-state index contributed by atoms with van der Waals surface area (Å²) in [5, 5.41) is 3.33. The Morgan fingerprint density at radius 3 is 2.28 bits per heavy atom. The van der Waals surface area contributed by atoms with Crippen LogP contribution in [0.4, 0.5) is 0 Å². The molecule has 0 aromatic heterocycles. The van der Waals surface area contributed by atoms with Gasteiger partial charge in [0.2, 0.25) is 0 Å². The van der Waals surface area contributed by atoms with E-state index >= 15 is 0 Å². The molecule has 1 heterocycles. The van der Waals surface area contributed by atoms with Crippen LogP contribution < -0.4 is 25.3 Å². The van der Waals surface area contributed by atoms with E-state index < -0.39 is 0 Å². The summed E-state index contributed by atoms with van der Waals surface area (Å²) in [5.41, 5.74) is 8.45. The SMILES string of the molecule is COc1ccc(C(CNC(N)=NCc2ccc(OC)c(OC)c2)N2CCCCC2)cc1.I. The van der Waals surface area contributed by atoms with Crippen LogP contribution in [0.1, 0.15) is 36.4 Å². The number of hydrogen-bond acceptors (Lipinski definition) is 5. The summed E-state index contributed by atoms with van der Waals surface area (Å²) in [6, 6.07) is 14.3. The summed E-state index contributed by atoms with van der Waals surface area (Å²) >= 11 is 0. The molecule has 1 unspecified atom stereocenters. The van der Waals surface area contributed by atoms with Crippen molar-refractivity contribution in [2.75, 3.05) is 41.0 Å². The van der Waals surface area contributed by atoms with Crippen LogP contribution in [-0.4, -0.2) is 51.8 Å². The van der Waals surface area contributed by atoms with Crippen molar-refractivity contribution in [2.45, 2.75) is 31.8 Å². The van der Waals surface area contributed by atoms with Gasteiger partial charge in [0.15, 0.2) is 17.5 Å². The van der Waals surface area contributed by atoms with Crippen molar-refractivity contribution < 1.29 is 14.2 Å². The Kier molecular flexibility index (Phi) is 10.9. The number of halogens is 1. The van der Waals surface area contributed by atoms with Gasteiger partial charge in [-0.05, 0) is 61.3 Å². The number of guanidine groups is 1. The molecule has 8 heteroatoms. The van der Waals surface area contributed by atoms with Crippen LogP contribution in [0, 0.1) is 0 Å². The summed E-state index contributed by atoms with van der Waals surface area (Å²) in [7, 11) is 4.94. The van der Waals surface area contributed by atoms with Crippen LogP contribution in [0.15, 0.2) is 47.5 Å². The number of hydrogen-bond donors (Lipinski definition) is 2. The van der Waals surface area contributed by atoms with Gasteiger partial charge in [0.25, 0.3) is 0 Å². The number of nitrogens with one attached hydrogen (secondary N) is 1. The first-order chi connectivity index (χ1) is 15.1. The molecule has 1 atom stereocenters. The van der Waals surface area contributed by atoms with Gasteiger partial charge >= 0.3 is 0 Å². The van der Waals surface area contributed by atoms with Gasteiger partial charge in [-0.15, -0.1) is 24.0 Å². The van der Waals surface area contributed by atoms with Gasteiger partial charge in [-0.25, -0.2) is 4.99 Å². The van der Waals surface area contributed by atoms with Crippen LogP contribution in [0.2, 0.25) is 0 Å². The summed E-state index contributed by atoms with van der Waals surface area (Å²) in [4.78, 5) is 7.04. The zero-order chi connectivity index (χ0) is 22.1. The van der Waals surface area contributed by atoms with E-state index in [0.717, 1.165) is 24.4 Å². The fourth-order valence-corrected chi connectivity index (χ4v) is 3.93. The lowest BCUT2D eigenvalue weighted by Gasteiger charge is -2.35. The topological polar surface area (TPSA) is 81.3 Å². The van der Waals surface area contributed by atoms with Gasteiger partial charge in [-0.2, -0.15) is 0 Å². The highest BCUT2D eigenvalue weighted by molar-refractivity contribution is 14.0. The van der Waals surface area contributed by atoms with Gasteiger partial charge in [-0.3, -0.25) is 4.90 Å². The Labute approximate surface area is 208 Å². The second-order valence-corrected chi connectivity index (χ2v) is 7.66. The number of piperidine rings is 1. The maximum atomic E-state index is 6.19. The number of aliphatic imine (C=N–C) groups is 1. The molecular formula is C24H35IN4O3. The van der Waals surface area contributed by atoms with Crippen molar-refractivity contribution in [2.24, 2.45) is 10.7 Å². The molecule has 0 spiro atoms. The summed E-state index contributed by atoms with van der Waals surface area (Å²) in [6.45, 7) is 3.37. The van der Waals surface area contributed by atoms with Crippen molar-refractivity contribution in [1.29, 1.82) is 0 Å². The Balaban J connectivity index is 0.00000363. The minimum Gasteiger partial charge on any atom is -0.497 e.